The van der Waals surface area contributed by atoms with Crippen LogP contribution in [-0.4, -0.2) is 5.91 Å². The van der Waals surface area contributed by atoms with Crippen molar-refractivity contribution in [3.8, 4) is 11.3 Å². The van der Waals surface area contributed by atoms with Gasteiger partial charge in [0.15, 0.2) is 0 Å². The lowest BCUT2D eigenvalue weighted by molar-refractivity contribution is -0.113. The zero-order chi connectivity index (χ0) is 22.9. The highest BCUT2D eigenvalue weighted by Gasteiger charge is 2.30. The number of carbonyl (C=O) groups excluding carboxylic acids is 1. The van der Waals surface area contributed by atoms with Gasteiger partial charge in [-0.3, -0.25) is 9.69 Å². The number of furan rings is 1. The molecule has 1 amide bonds. The summed E-state index contributed by atoms with van der Waals surface area (Å²) < 4.78 is 5.98. The zero-order valence-electron chi connectivity index (χ0n) is 17.1. The van der Waals surface area contributed by atoms with E-state index < -0.39 is 0 Å². The summed E-state index contributed by atoms with van der Waals surface area (Å²) in [5.41, 5.74) is 3.69. The number of halogens is 3. The summed E-state index contributed by atoms with van der Waals surface area (Å²) in [6.45, 7) is 0. The predicted molar refractivity (Wildman–Crippen MR) is 135 cm³/mol. The zero-order valence-corrected chi connectivity index (χ0v) is 19.4. The van der Waals surface area contributed by atoms with Gasteiger partial charge in [0, 0.05) is 16.2 Å². The van der Waals surface area contributed by atoms with Crippen LogP contribution in [0.25, 0.3) is 23.1 Å². The quantitative estimate of drug-likeness (QED) is 0.268. The summed E-state index contributed by atoms with van der Waals surface area (Å²) in [6.07, 6.45) is 3.59. The van der Waals surface area contributed by atoms with E-state index in [2.05, 4.69) is 0 Å². The molecule has 3 aromatic carbocycles. The Morgan fingerprint density at radius 3 is 2.33 bits per heavy atom. The monoisotopic (exact) mass is 491 g/mol. The van der Waals surface area contributed by atoms with Crippen molar-refractivity contribution in [1.82, 2.24) is 0 Å². The van der Waals surface area contributed by atoms with Gasteiger partial charge in [0.25, 0.3) is 5.91 Å². The maximum Gasteiger partial charge on any atom is 0.263 e. The van der Waals surface area contributed by atoms with Gasteiger partial charge in [0.05, 0.1) is 21.4 Å². The highest BCUT2D eigenvalue weighted by molar-refractivity contribution is 6.42. The fraction of sp³-hybridized carbons (Fsp3) is 0. The second-order valence-corrected chi connectivity index (χ2v) is 8.70. The minimum atomic E-state index is -0.163. The summed E-state index contributed by atoms with van der Waals surface area (Å²) in [6, 6.07) is 25.9. The van der Waals surface area contributed by atoms with E-state index in [0.29, 0.717) is 37.8 Å². The largest absolute Gasteiger partial charge is 0.457 e. The van der Waals surface area contributed by atoms with Crippen molar-refractivity contribution < 1.29 is 9.21 Å². The van der Waals surface area contributed by atoms with Crippen LogP contribution in [0, 0.1) is 0 Å². The minimum Gasteiger partial charge on any atom is -0.457 e. The van der Waals surface area contributed by atoms with Crippen molar-refractivity contribution in [2.24, 2.45) is 0 Å². The molecule has 0 unspecified atom stereocenters. The molecule has 162 valence electrons. The molecule has 0 aliphatic carbocycles. The van der Waals surface area contributed by atoms with E-state index in [1.165, 1.54) is 0 Å². The number of carbonyl (C=O) groups is 1. The average Bonchev–Trinajstić information content (AvgIpc) is 3.41. The van der Waals surface area contributed by atoms with Crippen molar-refractivity contribution in [3.05, 3.63) is 123 Å². The molecule has 1 aliphatic rings. The van der Waals surface area contributed by atoms with Gasteiger partial charge < -0.3 is 4.42 Å². The molecule has 0 bridgehead atoms. The van der Waals surface area contributed by atoms with Gasteiger partial charge in [-0.2, -0.15) is 0 Å². The van der Waals surface area contributed by atoms with Crippen LogP contribution >= 0.6 is 34.8 Å². The number of anilines is 1. The first-order valence-electron chi connectivity index (χ1n) is 10.1. The van der Waals surface area contributed by atoms with Crippen molar-refractivity contribution in [3.63, 3.8) is 0 Å². The normalized spacial score (nSPS) is 14.8. The van der Waals surface area contributed by atoms with E-state index >= 15 is 0 Å². The third kappa shape index (κ3) is 4.36. The topological polar surface area (TPSA) is 33.5 Å². The fourth-order valence-corrected chi connectivity index (χ4v) is 4.18. The second-order valence-electron chi connectivity index (χ2n) is 7.45. The molecule has 0 radical (unpaired) electrons. The lowest BCUT2D eigenvalue weighted by atomic mass is 10.1. The maximum absolute atomic E-state index is 13.5. The summed E-state index contributed by atoms with van der Waals surface area (Å²) in [4.78, 5) is 15.1. The van der Waals surface area contributed by atoms with Crippen LogP contribution in [0.1, 0.15) is 11.3 Å². The van der Waals surface area contributed by atoms with E-state index in [-0.39, 0.29) is 5.91 Å². The molecule has 3 nitrogen and oxygen atoms in total. The number of amides is 1. The lowest BCUT2D eigenvalue weighted by Crippen LogP contribution is -2.24. The van der Waals surface area contributed by atoms with E-state index in [1.54, 1.807) is 35.2 Å². The molecule has 1 aliphatic heterocycles. The summed E-state index contributed by atoms with van der Waals surface area (Å²) in [5.74, 6) is 1.02. The Balaban J connectivity index is 1.54. The fourth-order valence-electron chi connectivity index (χ4n) is 3.70. The molecule has 0 N–H and O–H groups in total. The number of benzene rings is 3. The Kier molecular flexibility index (Phi) is 5.86. The van der Waals surface area contributed by atoms with Gasteiger partial charge >= 0.3 is 0 Å². The molecule has 0 saturated heterocycles. The smallest absolute Gasteiger partial charge is 0.263 e. The highest BCUT2D eigenvalue weighted by atomic mass is 35.5. The molecular formula is C27H16Cl3NO2. The van der Waals surface area contributed by atoms with Crippen molar-refractivity contribution in [1.29, 1.82) is 0 Å². The number of nitrogens with zero attached hydrogens (tertiary/aromatic N) is 1. The molecule has 4 aromatic rings. The summed E-state index contributed by atoms with van der Waals surface area (Å²) in [7, 11) is 0. The highest BCUT2D eigenvalue weighted by Crippen LogP contribution is 2.37. The molecule has 2 heterocycles. The van der Waals surface area contributed by atoms with Crippen LogP contribution in [-0.2, 0) is 4.79 Å². The second kappa shape index (κ2) is 8.95. The average molecular weight is 493 g/mol. The van der Waals surface area contributed by atoms with Crippen molar-refractivity contribution in [2.75, 3.05) is 4.90 Å². The summed E-state index contributed by atoms with van der Waals surface area (Å²) >= 11 is 18.4. The molecule has 6 heteroatoms. The minimum absolute atomic E-state index is 0.163. The van der Waals surface area contributed by atoms with E-state index in [9.17, 15) is 4.79 Å². The van der Waals surface area contributed by atoms with Gasteiger partial charge in [-0.25, -0.2) is 0 Å². The van der Waals surface area contributed by atoms with Gasteiger partial charge in [-0.05, 0) is 66.2 Å². The maximum atomic E-state index is 13.5. The number of hydrogen-bond donors (Lipinski definition) is 0. The van der Waals surface area contributed by atoms with Crippen LogP contribution in [0.5, 0.6) is 0 Å². The summed E-state index contributed by atoms with van der Waals surface area (Å²) in [5, 5.41) is 1.48. The Morgan fingerprint density at radius 1 is 0.758 bits per heavy atom. The molecule has 0 atom stereocenters. The van der Waals surface area contributed by atoms with Crippen LogP contribution in [0.2, 0.25) is 15.1 Å². The lowest BCUT2D eigenvalue weighted by Gasteiger charge is -2.21. The van der Waals surface area contributed by atoms with Crippen molar-refractivity contribution in [2.45, 2.75) is 0 Å². The van der Waals surface area contributed by atoms with Gasteiger partial charge in [0.2, 0.25) is 0 Å². The van der Waals surface area contributed by atoms with Gasteiger partial charge in [-0.15, -0.1) is 0 Å². The standard InChI is InChI=1S/C27H16Cl3NO2/c28-20-7-4-8-21(16-20)31-25(17-5-2-1-3-6-17)15-19(27(31)32)13-22-10-12-26(33-22)18-9-11-23(29)24(30)14-18/h1-16H/b19-13+. The first-order valence-corrected chi connectivity index (χ1v) is 11.3. The third-order valence-electron chi connectivity index (χ3n) is 5.25. The molecule has 5 rings (SSSR count). The third-order valence-corrected chi connectivity index (χ3v) is 6.22. The van der Waals surface area contributed by atoms with E-state index in [0.717, 1.165) is 16.8 Å². The van der Waals surface area contributed by atoms with Crippen LogP contribution < -0.4 is 4.90 Å². The Morgan fingerprint density at radius 2 is 1.58 bits per heavy atom. The first kappa shape index (κ1) is 21.6. The number of hydrogen-bond acceptors (Lipinski definition) is 2. The van der Waals surface area contributed by atoms with Crippen LogP contribution in [0.15, 0.2) is 101 Å². The Hall–Kier alpha value is -3.24. The first-order chi connectivity index (χ1) is 16.0. The SMILES string of the molecule is O=C1/C(=C/c2ccc(-c3ccc(Cl)c(Cl)c3)o2)C=C(c2ccccc2)N1c1cccc(Cl)c1. The molecule has 0 fully saturated rings. The molecule has 1 aromatic heterocycles. The Bertz CT molecular complexity index is 1420. The molecular weight excluding hydrogens is 477 g/mol. The number of rotatable bonds is 4. The van der Waals surface area contributed by atoms with Crippen LogP contribution in [0.4, 0.5) is 5.69 Å². The van der Waals surface area contributed by atoms with E-state index in [1.807, 2.05) is 66.7 Å². The van der Waals surface area contributed by atoms with E-state index in [4.69, 9.17) is 39.2 Å². The Labute approximate surface area is 206 Å². The van der Waals surface area contributed by atoms with Crippen LogP contribution in [0.3, 0.4) is 0 Å². The van der Waals surface area contributed by atoms with Gasteiger partial charge in [0.1, 0.15) is 11.5 Å². The molecule has 0 saturated carbocycles. The predicted octanol–water partition coefficient (Wildman–Crippen LogP) is 8.38. The van der Waals surface area contributed by atoms with Crippen molar-refractivity contribution >= 4 is 58.2 Å². The molecule has 33 heavy (non-hydrogen) atoms. The molecule has 0 spiro atoms. The van der Waals surface area contributed by atoms with Gasteiger partial charge in [-0.1, -0.05) is 71.2 Å².